The number of benzene rings is 4. The van der Waals surface area contributed by atoms with Crippen LogP contribution >= 0.6 is 0 Å². The van der Waals surface area contributed by atoms with Crippen LogP contribution in [0.3, 0.4) is 0 Å². The van der Waals surface area contributed by atoms with Crippen molar-refractivity contribution in [1.29, 1.82) is 0 Å². The van der Waals surface area contributed by atoms with Crippen LogP contribution < -0.4 is 9.80 Å². The highest BCUT2D eigenvalue weighted by Crippen LogP contribution is 2.41. The van der Waals surface area contributed by atoms with Gasteiger partial charge in [-0.05, 0) is 54.7 Å². The summed E-state index contributed by atoms with van der Waals surface area (Å²) < 4.78 is 0. The van der Waals surface area contributed by atoms with E-state index in [4.69, 9.17) is 4.98 Å². The summed E-state index contributed by atoms with van der Waals surface area (Å²) in [5.74, 6) is 0. The van der Waals surface area contributed by atoms with Gasteiger partial charge < -0.3 is 9.80 Å². The van der Waals surface area contributed by atoms with Crippen LogP contribution in [0.2, 0.25) is 0 Å². The maximum Gasteiger partial charge on any atom is 0.0990 e. The monoisotopic (exact) mass is 493 g/mol. The van der Waals surface area contributed by atoms with Gasteiger partial charge in [0.15, 0.2) is 0 Å². The van der Waals surface area contributed by atoms with Crippen molar-refractivity contribution >= 4 is 11.4 Å². The molecule has 0 spiro atoms. The lowest BCUT2D eigenvalue weighted by molar-refractivity contribution is 0.966. The highest BCUT2D eigenvalue weighted by molar-refractivity contribution is 5.92. The zero-order valence-corrected chi connectivity index (χ0v) is 22.1. The van der Waals surface area contributed by atoms with Crippen LogP contribution in [-0.4, -0.2) is 11.7 Å². The Balaban J connectivity index is 1.37. The van der Waals surface area contributed by atoms with Crippen molar-refractivity contribution in [2.75, 3.05) is 16.5 Å². The van der Waals surface area contributed by atoms with Crippen LogP contribution in [0.15, 0.2) is 122 Å². The summed E-state index contributed by atoms with van der Waals surface area (Å²) in [6.07, 6.45) is 6.37. The summed E-state index contributed by atoms with van der Waals surface area (Å²) in [5.41, 5.74) is 13.2. The topological polar surface area (TPSA) is 19.4 Å². The Morgan fingerprint density at radius 1 is 0.579 bits per heavy atom. The predicted molar refractivity (Wildman–Crippen MR) is 160 cm³/mol. The Morgan fingerprint density at radius 3 is 1.71 bits per heavy atom. The van der Waals surface area contributed by atoms with Crippen molar-refractivity contribution < 1.29 is 0 Å². The normalized spacial score (nSPS) is 12.8. The van der Waals surface area contributed by atoms with E-state index in [-0.39, 0.29) is 0 Å². The second-order valence-corrected chi connectivity index (χ2v) is 9.94. The molecule has 0 aliphatic carbocycles. The SMILES string of the molecule is Cc1cc(-c2c(C)cccc2C)ncc1N1C=CN(c2c(-c3ccccc3)cccc2-c2ccccc2)C1. The second kappa shape index (κ2) is 10.0. The molecule has 0 bridgehead atoms. The molecule has 5 aromatic rings. The Labute approximate surface area is 225 Å². The van der Waals surface area contributed by atoms with Crippen LogP contribution in [0.1, 0.15) is 16.7 Å². The van der Waals surface area contributed by atoms with E-state index in [1.54, 1.807) is 0 Å². The zero-order chi connectivity index (χ0) is 26.1. The van der Waals surface area contributed by atoms with E-state index in [2.05, 4.69) is 146 Å². The molecule has 1 aliphatic rings. The van der Waals surface area contributed by atoms with Crippen LogP contribution in [0.25, 0.3) is 33.5 Å². The van der Waals surface area contributed by atoms with Gasteiger partial charge in [0.2, 0.25) is 0 Å². The van der Waals surface area contributed by atoms with Crippen molar-refractivity contribution in [3.63, 3.8) is 0 Å². The highest BCUT2D eigenvalue weighted by Gasteiger charge is 2.23. The first-order valence-corrected chi connectivity index (χ1v) is 13.1. The number of rotatable bonds is 5. The largest absolute Gasteiger partial charge is 0.327 e. The van der Waals surface area contributed by atoms with Gasteiger partial charge in [0.05, 0.1) is 29.9 Å². The van der Waals surface area contributed by atoms with Crippen molar-refractivity contribution in [3.8, 4) is 33.5 Å². The third-order valence-electron chi connectivity index (χ3n) is 7.35. The van der Waals surface area contributed by atoms with Gasteiger partial charge in [0.25, 0.3) is 0 Å². The molecule has 3 heteroatoms. The number of para-hydroxylation sites is 1. The van der Waals surface area contributed by atoms with E-state index < -0.39 is 0 Å². The average Bonchev–Trinajstić information content (AvgIpc) is 3.43. The quantitative estimate of drug-likeness (QED) is 0.244. The van der Waals surface area contributed by atoms with Gasteiger partial charge in [0.1, 0.15) is 0 Å². The average molecular weight is 494 g/mol. The number of hydrogen-bond acceptors (Lipinski definition) is 3. The predicted octanol–water partition coefficient (Wildman–Crippen LogP) is 8.76. The number of pyridine rings is 1. The van der Waals surface area contributed by atoms with Gasteiger partial charge in [-0.1, -0.05) is 97.1 Å². The van der Waals surface area contributed by atoms with Gasteiger partial charge in [0, 0.05) is 29.1 Å². The molecule has 0 saturated heterocycles. The number of nitrogens with zero attached hydrogens (tertiary/aromatic N) is 3. The van der Waals surface area contributed by atoms with E-state index in [0.29, 0.717) is 0 Å². The molecule has 3 nitrogen and oxygen atoms in total. The fourth-order valence-corrected chi connectivity index (χ4v) is 5.48. The van der Waals surface area contributed by atoms with Gasteiger partial charge in [-0.2, -0.15) is 0 Å². The lowest BCUT2D eigenvalue weighted by atomic mass is 9.95. The Bertz CT molecular complexity index is 1540. The number of aromatic nitrogens is 1. The van der Waals surface area contributed by atoms with E-state index >= 15 is 0 Å². The Kier molecular flexibility index (Phi) is 6.27. The maximum absolute atomic E-state index is 4.91. The van der Waals surface area contributed by atoms with Crippen molar-refractivity contribution in [2.24, 2.45) is 0 Å². The Morgan fingerprint density at radius 2 is 1.13 bits per heavy atom. The molecule has 1 aromatic heterocycles. The van der Waals surface area contributed by atoms with Gasteiger partial charge in [-0.3, -0.25) is 4.98 Å². The fourth-order valence-electron chi connectivity index (χ4n) is 5.48. The van der Waals surface area contributed by atoms with Gasteiger partial charge in [-0.25, -0.2) is 0 Å². The van der Waals surface area contributed by atoms with Gasteiger partial charge in [-0.15, -0.1) is 0 Å². The standard InChI is InChI=1S/C35H31N3/c1-25-12-10-13-26(2)34(25)32-22-27(3)33(23-36-32)37-20-21-38(24-37)35-30(28-14-6-4-7-15-28)18-11-19-31(35)29-16-8-5-9-17-29/h4-23H,24H2,1-3H3. The zero-order valence-electron chi connectivity index (χ0n) is 22.1. The lowest BCUT2D eigenvalue weighted by Crippen LogP contribution is -2.26. The molecule has 2 heterocycles. The molecule has 1 aliphatic heterocycles. The Hall–Kier alpha value is -4.63. The molecular formula is C35H31N3. The highest BCUT2D eigenvalue weighted by atomic mass is 15.3. The summed E-state index contributed by atoms with van der Waals surface area (Å²) in [7, 11) is 0. The summed E-state index contributed by atoms with van der Waals surface area (Å²) in [6, 6.07) is 36.5. The molecule has 0 N–H and O–H groups in total. The molecule has 0 atom stereocenters. The maximum atomic E-state index is 4.91. The number of anilines is 2. The minimum absolute atomic E-state index is 0.717. The molecule has 4 aromatic carbocycles. The van der Waals surface area contributed by atoms with Crippen molar-refractivity contribution in [2.45, 2.75) is 20.8 Å². The van der Waals surface area contributed by atoms with Crippen LogP contribution in [-0.2, 0) is 0 Å². The first kappa shape index (κ1) is 23.7. The summed E-state index contributed by atoms with van der Waals surface area (Å²) in [4.78, 5) is 9.55. The number of aryl methyl sites for hydroxylation is 3. The fraction of sp³-hybridized carbons (Fsp3) is 0.114. The molecule has 38 heavy (non-hydrogen) atoms. The van der Waals surface area contributed by atoms with E-state index in [0.717, 1.165) is 18.1 Å². The van der Waals surface area contributed by atoms with E-state index in [9.17, 15) is 0 Å². The summed E-state index contributed by atoms with van der Waals surface area (Å²) >= 11 is 0. The third-order valence-corrected chi connectivity index (χ3v) is 7.35. The minimum Gasteiger partial charge on any atom is -0.327 e. The summed E-state index contributed by atoms with van der Waals surface area (Å²) in [6.45, 7) is 7.21. The molecular weight excluding hydrogens is 462 g/mol. The third kappa shape index (κ3) is 4.37. The van der Waals surface area contributed by atoms with E-state index in [1.807, 2.05) is 6.20 Å². The van der Waals surface area contributed by atoms with Crippen LogP contribution in [0.5, 0.6) is 0 Å². The minimum atomic E-state index is 0.717. The van der Waals surface area contributed by atoms with Crippen molar-refractivity contribution in [3.05, 3.63) is 138 Å². The van der Waals surface area contributed by atoms with Crippen LogP contribution in [0, 0.1) is 20.8 Å². The molecule has 0 saturated carbocycles. The molecule has 186 valence electrons. The van der Waals surface area contributed by atoms with Crippen molar-refractivity contribution in [1.82, 2.24) is 4.98 Å². The molecule has 0 amide bonds. The molecule has 0 fully saturated rings. The summed E-state index contributed by atoms with van der Waals surface area (Å²) in [5, 5.41) is 0. The van der Waals surface area contributed by atoms with Gasteiger partial charge >= 0.3 is 0 Å². The van der Waals surface area contributed by atoms with Crippen LogP contribution in [0.4, 0.5) is 11.4 Å². The molecule has 0 unspecified atom stereocenters. The number of hydrogen-bond donors (Lipinski definition) is 0. The second-order valence-electron chi connectivity index (χ2n) is 9.94. The molecule has 6 rings (SSSR count). The van der Waals surface area contributed by atoms with E-state index in [1.165, 1.54) is 50.2 Å². The smallest absolute Gasteiger partial charge is 0.0990 e. The lowest BCUT2D eigenvalue weighted by Gasteiger charge is -2.27. The first-order valence-electron chi connectivity index (χ1n) is 13.1. The first-order chi connectivity index (χ1) is 18.6. The molecule has 0 radical (unpaired) electrons.